The molecule has 110 valence electrons. The van der Waals surface area contributed by atoms with Crippen molar-refractivity contribution in [1.82, 2.24) is 0 Å². The molecule has 0 aliphatic rings. The van der Waals surface area contributed by atoms with Crippen LogP contribution in [0.4, 0.5) is 5.69 Å². The Kier molecular flexibility index (Phi) is 5.05. The summed E-state index contributed by atoms with van der Waals surface area (Å²) in [6, 6.07) is 13.3. The first-order valence-corrected chi connectivity index (χ1v) is 6.93. The van der Waals surface area contributed by atoms with Crippen LogP contribution in [0.2, 0.25) is 10.0 Å². The van der Waals surface area contributed by atoms with E-state index in [2.05, 4.69) is 5.32 Å². The number of nitrogens with zero attached hydrogens (tertiary/aromatic N) is 1. The monoisotopic (exact) mass is 332 g/mol. The highest BCUT2D eigenvalue weighted by molar-refractivity contribution is 6.36. The number of hydrogen-bond acceptors (Lipinski definition) is 3. The molecule has 22 heavy (non-hydrogen) atoms. The molecule has 0 radical (unpaired) electrons. The highest BCUT2D eigenvalue weighted by Gasteiger charge is 2.12. The topological polar surface area (TPSA) is 73.1 Å². The first-order chi connectivity index (χ1) is 10.5. The molecular formula is C16H10Cl2N2O2. The number of hydrogen-bond donors (Lipinski definition) is 2. The van der Waals surface area contributed by atoms with Gasteiger partial charge in [0, 0.05) is 16.3 Å². The quantitative estimate of drug-likeness (QED) is 0.652. The molecule has 0 aliphatic carbocycles. The van der Waals surface area contributed by atoms with Crippen molar-refractivity contribution in [2.75, 3.05) is 5.32 Å². The van der Waals surface area contributed by atoms with E-state index in [1.54, 1.807) is 30.3 Å². The average molecular weight is 333 g/mol. The summed E-state index contributed by atoms with van der Waals surface area (Å²) in [6.45, 7) is 0. The zero-order valence-corrected chi connectivity index (χ0v) is 12.7. The Morgan fingerprint density at radius 2 is 1.91 bits per heavy atom. The number of carbonyl (C=O) groups excluding carboxylic acids is 1. The number of aromatic hydroxyl groups is 1. The Bertz CT molecular complexity index is 781. The van der Waals surface area contributed by atoms with E-state index < -0.39 is 5.91 Å². The second-order valence-corrected chi connectivity index (χ2v) is 5.16. The number of rotatable bonds is 3. The van der Waals surface area contributed by atoms with E-state index in [9.17, 15) is 9.90 Å². The molecule has 0 saturated heterocycles. The SMILES string of the molecule is N#C/C(=C\c1cc(Cl)cc(Cl)c1O)C(=O)Nc1ccccc1. The van der Waals surface area contributed by atoms with E-state index in [4.69, 9.17) is 28.5 Å². The highest BCUT2D eigenvalue weighted by atomic mass is 35.5. The third kappa shape index (κ3) is 3.79. The van der Waals surface area contributed by atoms with Crippen LogP contribution < -0.4 is 5.32 Å². The maximum atomic E-state index is 12.1. The van der Waals surface area contributed by atoms with Crippen LogP contribution in [0.25, 0.3) is 6.08 Å². The van der Waals surface area contributed by atoms with Crippen LogP contribution in [-0.2, 0) is 4.79 Å². The van der Waals surface area contributed by atoms with Crippen molar-refractivity contribution in [2.24, 2.45) is 0 Å². The average Bonchev–Trinajstić information content (AvgIpc) is 2.50. The Morgan fingerprint density at radius 1 is 1.23 bits per heavy atom. The lowest BCUT2D eigenvalue weighted by molar-refractivity contribution is -0.112. The number of para-hydroxylation sites is 1. The van der Waals surface area contributed by atoms with Gasteiger partial charge in [-0.05, 0) is 30.3 Å². The Balaban J connectivity index is 2.32. The zero-order valence-electron chi connectivity index (χ0n) is 11.2. The lowest BCUT2D eigenvalue weighted by Gasteiger charge is -2.06. The van der Waals surface area contributed by atoms with Gasteiger partial charge < -0.3 is 10.4 Å². The van der Waals surface area contributed by atoms with Crippen LogP contribution in [0.15, 0.2) is 48.0 Å². The lowest BCUT2D eigenvalue weighted by atomic mass is 10.1. The van der Waals surface area contributed by atoms with Gasteiger partial charge in [-0.25, -0.2) is 0 Å². The molecule has 0 saturated carbocycles. The van der Waals surface area contributed by atoms with Crippen LogP contribution in [0.5, 0.6) is 5.75 Å². The zero-order chi connectivity index (χ0) is 16.1. The molecule has 2 N–H and O–H groups in total. The summed E-state index contributed by atoms with van der Waals surface area (Å²) in [5, 5.41) is 21.9. The molecule has 0 fully saturated rings. The van der Waals surface area contributed by atoms with Crippen molar-refractivity contribution >= 4 is 40.9 Å². The molecule has 0 atom stereocenters. The summed E-state index contributed by atoms with van der Waals surface area (Å²) in [5.41, 5.74) is 0.566. The predicted octanol–water partition coefficient (Wildman–Crippen LogP) is 4.24. The minimum absolute atomic E-state index is 0.0412. The third-order valence-electron chi connectivity index (χ3n) is 2.75. The summed E-state index contributed by atoms with van der Waals surface area (Å²) >= 11 is 11.7. The highest BCUT2D eigenvalue weighted by Crippen LogP contribution is 2.32. The molecule has 4 nitrogen and oxygen atoms in total. The first kappa shape index (κ1) is 15.9. The van der Waals surface area contributed by atoms with Gasteiger partial charge in [0.1, 0.15) is 17.4 Å². The molecule has 2 aromatic rings. The van der Waals surface area contributed by atoms with Crippen LogP contribution >= 0.6 is 23.2 Å². The fourth-order valence-electron chi connectivity index (χ4n) is 1.72. The maximum absolute atomic E-state index is 12.1. The first-order valence-electron chi connectivity index (χ1n) is 6.17. The van der Waals surface area contributed by atoms with Gasteiger partial charge in [0.25, 0.3) is 5.91 Å². The summed E-state index contributed by atoms with van der Waals surface area (Å²) in [5.74, 6) is -0.837. The van der Waals surface area contributed by atoms with Crippen LogP contribution in [-0.4, -0.2) is 11.0 Å². The van der Waals surface area contributed by atoms with E-state index in [0.29, 0.717) is 5.69 Å². The van der Waals surface area contributed by atoms with Gasteiger partial charge >= 0.3 is 0 Å². The van der Waals surface area contributed by atoms with Crippen LogP contribution in [0, 0.1) is 11.3 Å². The molecule has 0 heterocycles. The predicted molar refractivity (Wildman–Crippen MR) is 86.8 cm³/mol. The van der Waals surface area contributed by atoms with E-state index in [0.717, 1.165) is 0 Å². The van der Waals surface area contributed by atoms with Crippen molar-refractivity contribution in [1.29, 1.82) is 5.26 Å². The Labute approximate surface area is 137 Å². The molecule has 2 rings (SSSR count). The molecule has 6 heteroatoms. The molecule has 0 unspecified atom stereocenters. The van der Waals surface area contributed by atoms with Crippen molar-refractivity contribution in [3.8, 4) is 11.8 Å². The maximum Gasteiger partial charge on any atom is 0.266 e. The second-order valence-electron chi connectivity index (χ2n) is 4.32. The van der Waals surface area contributed by atoms with Gasteiger partial charge in [-0.1, -0.05) is 41.4 Å². The van der Waals surface area contributed by atoms with E-state index in [-0.39, 0.29) is 26.9 Å². The number of phenolic OH excluding ortho intramolecular Hbond substituents is 1. The van der Waals surface area contributed by atoms with Gasteiger partial charge in [0.05, 0.1) is 5.02 Å². The molecule has 0 aromatic heterocycles. The second kappa shape index (κ2) is 6.99. The number of carbonyl (C=O) groups is 1. The van der Waals surface area contributed by atoms with Gasteiger partial charge in [-0.3, -0.25) is 4.79 Å². The summed E-state index contributed by atoms with van der Waals surface area (Å²) < 4.78 is 0. The normalized spacial score (nSPS) is 10.9. The molecule has 2 aromatic carbocycles. The smallest absolute Gasteiger partial charge is 0.266 e. The Hall–Kier alpha value is -2.48. The van der Waals surface area contributed by atoms with Crippen molar-refractivity contribution < 1.29 is 9.90 Å². The van der Waals surface area contributed by atoms with Gasteiger partial charge in [-0.15, -0.1) is 0 Å². The number of amides is 1. The largest absolute Gasteiger partial charge is 0.506 e. The molecule has 0 spiro atoms. The van der Waals surface area contributed by atoms with Gasteiger partial charge in [0.2, 0.25) is 0 Å². The summed E-state index contributed by atoms with van der Waals surface area (Å²) in [7, 11) is 0. The number of anilines is 1. The minimum Gasteiger partial charge on any atom is -0.506 e. The van der Waals surface area contributed by atoms with Gasteiger partial charge in [0.15, 0.2) is 0 Å². The number of benzene rings is 2. The summed E-state index contributed by atoms with van der Waals surface area (Å²) in [6.07, 6.45) is 1.23. The van der Waals surface area contributed by atoms with Crippen molar-refractivity contribution in [3.63, 3.8) is 0 Å². The molecule has 1 amide bonds. The third-order valence-corrected chi connectivity index (χ3v) is 3.26. The Morgan fingerprint density at radius 3 is 2.55 bits per heavy atom. The number of nitrogens with one attached hydrogen (secondary N) is 1. The van der Waals surface area contributed by atoms with Crippen LogP contribution in [0.1, 0.15) is 5.56 Å². The fraction of sp³-hybridized carbons (Fsp3) is 0. The van der Waals surface area contributed by atoms with Crippen molar-refractivity contribution in [3.05, 3.63) is 63.6 Å². The van der Waals surface area contributed by atoms with Crippen LogP contribution in [0.3, 0.4) is 0 Å². The van der Waals surface area contributed by atoms with Gasteiger partial charge in [-0.2, -0.15) is 5.26 Å². The van der Waals surface area contributed by atoms with E-state index in [1.165, 1.54) is 18.2 Å². The molecule has 0 aliphatic heterocycles. The summed E-state index contributed by atoms with van der Waals surface area (Å²) in [4.78, 5) is 12.1. The van der Waals surface area contributed by atoms with Crippen molar-refractivity contribution in [2.45, 2.75) is 0 Å². The number of phenols is 1. The lowest BCUT2D eigenvalue weighted by Crippen LogP contribution is -2.13. The van der Waals surface area contributed by atoms with E-state index >= 15 is 0 Å². The standard InChI is InChI=1S/C16H10Cl2N2O2/c17-12-7-10(15(21)14(18)8-12)6-11(9-19)16(22)20-13-4-2-1-3-5-13/h1-8,21H,(H,20,22)/b11-6+. The molecular weight excluding hydrogens is 323 g/mol. The van der Waals surface area contributed by atoms with E-state index in [1.807, 2.05) is 6.07 Å². The minimum atomic E-state index is -0.593. The fourth-order valence-corrected chi connectivity index (χ4v) is 2.23. The molecule has 0 bridgehead atoms. The number of halogens is 2. The number of nitriles is 1.